The van der Waals surface area contributed by atoms with Crippen LogP contribution in [0.1, 0.15) is 5.56 Å². The molecule has 1 unspecified atom stereocenters. The lowest BCUT2D eigenvalue weighted by atomic mass is 9.85. The predicted molar refractivity (Wildman–Crippen MR) is 126 cm³/mol. The van der Waals surface area contributed by atoms with Gasteiger partial charge < -0.3 is 57.8 Å². The van der Waals surface area contributed by atoms with Gasteiger partial charge in [-0.15, -0.1) is 0 Å². The summed E-state index contributed by atoms with van der Waals surface area (Å²) in [6.45, 7) is -2.49. The number of phosphoric acid groups is 3. The minimum atomic E-state index is -5.59. The Morgan fingerprint density at radius 1 is 0.780 bits per heavy atom. The summed E-state index contributed by atoms with van der Waals surface area (Å²) in [6, 6.07) is 2.08. The van der Waals surface area contributed by atoms with Gasteiger partial charge in [-0.25, -0.2) is 13.7 Å². The lowest BCUT2D eigenvalue weighted by Crippen LogP contribution is -2.64. The molecule has 1 aromatic carbocycles. The van der Waals surface area contributed by atoms with E-state index in [2.05, 4.69) is 0 Å². The number of phosphoric ester groups is 3. The molecule has 3 rings (SSSR count). The Bertz CT molecular complexity index is 1240. The van der Waals surface area contributed by atoms with Crippen LogP contribution in [-0.4, -0.2) is 98.7 Å². The van der Waals surface area contributed by atoms with E-state index >= 15 is 0 Å². The highest BCUT2D eigenvalue weighted by molar-refractivity contribution is 7.46. The van der Waals surface area contributed by atoms with Crippen molar-refractivity contribution in [3.63, 3.8) is 0 Å². The molecule has 2 fully saturated rings. The fourth-order valence-electron chi connectivity index (χ4n) is 4.24. The third kappa shape index (κ3) is 8.71. The molecule has 0 amide bonds. The van der Waals surface area contributed by atoms with Gasteiger partial charge in [-0.3, -0.25) is 23.7 Å². The van der Waals surface area contributed by atoms with Crippen molar-refractivity contribution < 1.29 is 90.0 Å². The second kappa shape index (κ2) is 12.9. The van der Waals surface area contributed by atoms with Crippen LogP contribution in [0.25, 0.3) is 0 Å². The van der Waals surface area contributed by atoms with Gasteiger partial charge in [0.05, 0.1) is 37.4 Å². The number of hydrogen-bond donors (Lipinski definition) is 6. The van der Waals surface area contributed by atoms with E-state index in [4.69, 9.17) is 42.0 Å². The van der Waals surface area contributed by atoms with Crippen LogP contribution >= 0.6 is 23.5 Å². The molecule has 24 heteroatoms. The summed E-state index contributed by atoms with van der Waals surface area (Å²) in [5.41, 5.74) is -0.843. The summed E-state index contributed by atoms with van der Waals surface area (Å²) < 4.78 is 81.1. The third-order valence-electron chi connectivity index (χ3n) is 5.66. The molecule has 1 aliphatic carbocycles. The van der Waals surface area contributed by atoms with Crippen LogP contribution in [0, 0.1) is 10.1 Å². The first kappa shape index (κ1) is 33.9. The average Bonchev–Trinajstić information content (AvgIpc) is 3.27. The predicted octanol–water partition coefficient (Wildman–Crippen LogP) is -0.342. The van der Waals surface area contributed by atoms with Gasteiger partial charge in [0.1, 0.15) is 36.6 Å². The highest BCUT2D eigenvalue weighted by Gasteiger charge is 2.62. The number of rotatable bonds is 13. The molecule has 1 aromatic rings. The highest BCUT2D eigenvalue weighted by atomic mass is 31.2. The maximum absolute atomic E-state index is 11.9. The Balaban J connectivity index is 2.15. The van der Waals surface area contributed by atoms with Crippen LogP contribution in [0.15, 0.2) is 12.1 Å². The second-order valence-corrected chi connectivity index (χ2v) is 11.9. The number of fused-ring (bicyclic) bond motifs is 1. The zero-order valence-electron chi connectivity index (χ0n) is 21.1. The molecule has 21 nitrogen and oxygen atoms in total. The van der Waals surface area contributed by atoms with E-state index in [1.807, 2.05) is 0 Å². The second-order valence-electron chi connectivity index (χ2n) is 8.28. The van der Waals surface area contributed by atoms with Crippen molar-refractivity contribution in [2.24, 2.45) is 0 Å². The molecule has 0 spiro atoms. The minimum absolute atomic E-state index is 0.00962. The molecular weight excluding hydrogens is 631 g/mol. The molecule has 1 saturated heterocycles. The summed E-state index contributed by atoms with van der Waals surface area (Å²) in [7, 11) is -13.1. The number of ether oxygens (including phenoxy) is 6. The van der Waals surface area contributed by atoms with Crippen LogP contribution in [-0.2, 0) is 52.8 Å². The summed E-state index contributed by atoms with van der Waals surface area (Å²) in [5.74, 6) is -0.0595. The zero-order chi connectivity index (χ0) is 30.9. The Morgan fingerprint density at radius 2 is 1.22 bits per heavy atom. The molecule has 0 radical (unpaired) electrons. The zero-order valence-corrected chi connectivity index (χ0v) is 23.8. The van der Waals surface area contributed by atoms with Gasteiger partial charge >= 0.3 is 23.5 Å². The van der Waals surface area contributed by atoms with Crippen molar-refractivity contribution in [1.82, 2.24) is 0 Å². The van der Waals surface area contributed by atoms with Crippen LogP contribution in [0.3, 0.4) is 0 Å². The van der Waals surface area contributed by atoms with E-state index in [9.17, 15) is 53.2 Å². The van der Waals surface area contributed by atoms with Crippen LogP contribution < -0.4 is 9.47 Å². The average molecular weight is 657 g/mol. The number of hydrogen-bond acceptors (Lipinski definition) is 14. The van der Waals surface area contributed by atoms with E-state index in [0.717, 1.165) is 19.2 Å². The summed E-state index contributed by atoms with van der Waals surface area (Å²) in [4.78, 5) is 68.1. The molecule has 0 aromatic heterocycles. The molecule has 6 N–H and O–H groups in total. The molecule has 1 saturated carbocycles. The number of benzene rings is 1. The molecule has 1 aliphatic heterocycles. The van der Waals surface area contributed by atoms with Crippen molar-refractivity contribution in [3.8, 4) is 11.5 Å². The van der Waals surface area contributed by atoms with Crippen molar-refractivity contribution in [2.45, 2.75) is 49.7 Å². The first-order valence-electron chi connectivity index (χ1n) is 10.9. The van der Waals surface area contributed by atoms with E-state index in [1.54, 1.807) is 0 Å². The van der Waals surface area contributed by atoms with Gasteiger partial charge in [0.15, 0.2) is 11.5 Å². The van der Waals surface area contributed by atoms with Crippen molar-refractivity contribution in [1.29, 1.82) is 0 Å². The van der Waals surface area contributed by atoms with Gasteiger partial charge in [-0.05, 0) is 6.07 Å². The number of nitro benzene ring substituents is 1. The summed E-state index contributed by atoms with van der Waals surface area (Å²) >= 11 is 0. The van der Waals surface area contributed by atoms with Gasteiger partial charge in [0.25, 0.3) is 12.2 Å². The standard InChI is InChI=1S/C17H26NO20P3/c1-30-9-4-7(8(18(19)20)5-10(9)31-2)6-33-11-14(36-39(21,22)23)12-13(35-17(32-3)34-12)16(38-41(27,28)29)15(11)37-40(24,25)26/h4-5,11-17H,6H2,1-3H3,(H2,21,22,23)(H2,24,25,26)(H2,27,28,29)/t11-,12+,13-,14-,15+,16+,17?/m1/s1. The monoisotopic (exact) mass is 657 g/mol. The molecule has 0 bridgehead atoms. The molecular formula is C17H26NO20P3. The Morgan fingerprint density at radius 3 is 1.63 bits per heavy atom. The highest BCUT2D eigenvalue weighted by Crippen LogP contribution is 2.52. The summed E-state index contributed by atoms with van der Waals surface area (Å²) in [6.07, 6.45) is -12.1. The number of nitro groups is 1. The normalized spacial score (nSPS) is 28.8. The van der Waals surface area contributed by atoms with Crippen molar-refractivity contribution in [2.75, 3.05) is 21.3 Å². The molecule has 2 aliphatic rings. The topological polar surface area (TPSA) is 299 Å². The van der Waals surface area contributed by atoms with Crippen molar-refractivity contribution in [3.05, 3.63) is 27.8 Å². The smallest absolute Gasteiger partial charge is 0.470 e. The Kier molecular flexibility index (Phi) is 10.7. The van der Waals surface area contributed by atoms with Gasteiger partial charge in [-0.2, -0.15) is 0 Å². The largest absolute Gasteiger partial charge is 0.493 e. The Hall–Kier alpha value is -1.61. The maximum atomic E-state index is 11.9. The Labute approximate surface area is 230 Å². The quantitative estimate of drug-likeness (QED) is 0.0897. The molecule has 1 heterocycles. The first-order chi connectivity index (χ1) is 18.9. The molecule has 234 valence electrons. The third-order valence-corrected chi connectivity index (χ3v) is 7.22. The first-order valence-corrected chi connectivity index (χ1v) is 15.5. The minimum Gasteiger partial charge on any atom is -0.493 e. The van der Waals surface area contributed by atoms with E-state index in [0.29, 0.717) is 0 Å². The summed E-state index contributed by atoms with van der Waals surface area (Å²) in [5, 5.41) is 11.7. The molecule has 41 heavy (non-hydrogen) atoms. The molecule has 7 atom stereocenters. The maximum Gasteiger partial charge on any atom is 0.470 e. The lowest BCUT2D eigenvalue weighted by molar-refractivity contribution is -0.386. The number of methoxy groups -OCH3 is 3. The van der Waals surface area contributed by atoms with Gasteiger partial charge in [-0.1, -0.05) is 0 Å². The van der Waals surface area contributed by atoms with Crippen molar-refractivity contribution >= 4 is 29.2 Å². The fourth-order valence-corrected chi connectivity index (χ4v) is 5.91. The van der Waals surface area contributed by atoms with Crippen LogP contribution in [0.4, 0.5) is 5.69 Å². The van der Waals surface area contributed by atoms with Gasteiger partial charge in [0, 0.05) is 7.11 Å². The fraction of sp³-hybridized carbons (Fsp3) is 0.647. The number of nitrogens with zero attached hydrogens (tertiary/aromatic N) is 1. The lowest BCUT2D eigenvalue weighted by Gasteiger charge is -2.45. The van der Waals surface area contributed by atoms with Crippen LogP contribution in [0.2, 0.25) is 0 Å². The van der Waals surface area contributed by atoms with E-state index in [-0.39, 0.29) is 17.1 Å². The van der Waals surface area contributed by atoms with Gasteiger partial charge in [0.2, 0.25) is 0 Å². The van der Waals surface area contributed by atoms with E-state index < -0.39 is 83.8 Å². The van der Waals surface area contributed by atoms with Crippen LogP contribution in [0.5, 0.6) is 11.5 Å². The SMILES string of the molecule is COc1cc(CO[C@@H]2[C@@H](OP(=O)(O)O)[C@H]3OC(OC)O[C@H]3[C@H](OP(=O)(O)O)[C@H]2OP(=O)(O)O)c([N+](=O)[O-])cc1OC. The van der Waals surface area contributed by atoms with E-state index in [1.165, 1.54) is 14.2 Å².